The summed E-state index contributed by atoms with van der Waals surface area (Å²) in [6, 6.07) is 1.92. The Hall–Kier alpha value is -1.93. The van der Waals surface area contributed by atoms with E-state index in [4.69, 9.17) is 4.52 Å². The van der Waals surface area contributed by atoms with E-state index in [2.05, 4.69) is 37.2 Å². The summed E-state index contributed by atoms with van der Waals surface area (Å²) < 4.78 is 4.89. The van der Waals surface area contributed by atoms with E-state index in [0.717, 1.165) is 55.9 Å². The third-order valence-electron chi connectivity index (χ3n) is 3.83. The summed E-state index contributed by atoms with van der Waals surface area (Å²) in [6.07, 6.45) is 3.53. The van der Waals surface area contributed by atoms with Crippen LogP contribution in [0.15, 0.2) is 28.0 Å². The smallest absolute Gasteiger partial charge is 0.194 e. The Balaban J connectivity index is 1.47. The molecule has 0 aliphatic carbocycles. The van der Waals surface area contributed by atoms with Gasteiger partial charge in [0.2, 0.25) is 0 Å². The van der Waals surface area contributed by atoms with Crippen molar-refractivity contribution < 1.29 is 4.52 Å². The summed E-state index contributed by atoms with van der Waals surface area (Å²) in [6.45, 7) is 7.53. The normalized spacial score (nSPS) is 16.8. The molecule has 2 aromatic heterocycles. The Morgan fingerprint density at radius 2 is 2.22 bits per heavy atom. The molecule has 0 amide bonds. The third kappa shape index (κ3) is 4.29. The van der Waals surface area contributed by atoms with Gasteiger partial charge >= 0.3 is 0 Å². The van der Waals surface area contributed by atoms with E-state index < -0.39 is 0 Å². The SMILES string of the molecule is CN=C(NCc1ncc(C)s1)N1CCN(Cc2ccon2)CC1. The van der Waals surface area contributed by atoms with E-state index in [0.29, 0.717) is 0 Å². The second-order valence-corrected chi connectivity index (χ2v) is 6.84. The highest BCUT2D eigenvalue weighted by Gasteiger charge is 2.20. The zero-order valence-corrected chi connectivity index (χ0v) is 14.3. The number of aliphatic imine (C=N–C) groups is 1. The van der Waals surface area contributed by atoms with Crippen LogP contribution in [0.4, 0.5) is 0 Å². The second-order valence-electron chi connectivity index (χ2n) is 5.52. The van der Waals surface area contributed by atoms with Crippen LogP contribution in [0.5, 0.6) is 0 Å². The van der Waals surface area contributed by atoms with Crippen molar-refractivity contribution in [2.75, 3.05) is 33.2 Å². The van der Waals surface area contributed by atoms with Gasteiger partial charge < -0.3 is 14.7 Å². The zero-order chi connectivity index (χ0) is 16.1. The van der Waals surface area contributed by atoms with Crippen molar-refractivity contribution in [3.63, 3.8) is 0 Å². The van der Waals surface area contributed by atoms with Crippen LogP contribution in [-0.2, 0) is 13.1 Å². The highest BCUT2D eigenvalue weighted by atomic mass is 32.1. The Bertz CT molecular complexity index is 630. The molecule has 124 valence electrons. The van der Waals surface area contributed by atoms with E-state index in [1.807, 2.05) is 19.3 Å². The maximum absolute atomic E-state index is 4.89. The highest BCUT2D eigenvalue weighted by Crippen LogP contribution is 2.11. The number of thiazole rings is 1. The molecule has 0 spiro atoms. The third-order valence-corrected chi connectivity index (χ3v) is 4.74. The Kier molecular flexibility index (Phi) is 5.24. The lowest BCUT2D eigenvalue weighted by molar-refractivity contribution is 0.169. The van der Waals surface area contributed by atoms with Gasteiger partial charge in [0.15, 0.2) is 5.96 Å². The number of guanidine groups is 1. The summed E-state index contributed by atoms with van der Waals surface area (Å²) >= 11 is 1.72. The average Bonchev–Trinajstić information content (AvgIpc) is 3.21. The summed E-state index contributed by atoms with van der Waals surface area (Å²) in [4.78, 5) is 14.7. The molecule has 23 heavy (non-hydrogen) atoms. The molecule has 1 aliphatic rings. The molecule has 1 N–H and O–H groups in total. The fourth-order valence-corrected chi connectivity index (χ4v) is 3.36. The molecule has 0 bridgehead atoms. The van der Waals surface area contributed by atoms with Gasteiger partial charge in [-0.15, -0.1) is 11.3 Å². The summed E-state index contributed by atoms with van der Waals surface area (Å²) in [7, 11) is 1.83. The lowest BCUT2D eigenvalue weighted by Crippen LogP contribution is -2.52. The lowest BCUT2D eigenvalue weighted by Gasteiger charge is -2.36. The van der Waals surface area contributed by atoms with Crippen LogP contribution in [0, 0.1) is 6.92 Å². The molecule has 1 saturated heterocycles. The molecule has 8 heteroatoms. The van der Waals surface area contributed by atoms with E-state index >= 15 is 0 Å². The molecule has 0 saturated carbocycles. The first-order valence-corrected chi connectivity index (χ1v) is 8.55. The molecule has 3 rings (SSSR count). The number of nitrogens with zero attached hydrogens (tertiary/aromatic N) is 5. The molecule has 3 heterocycles. The van der Waals surface area contributed by atoms with Gasteiger partial charge in [0.05, 0.1) is 12.2 Å². The number of aryl methyl sites for hydroxylation is 1. The Labute approximate surface area is 140 Å². The van der Waals surface area contributed by atoms with Crippen molar-refractivity contribution in [3.05, 3.63) is 34.1 Å². The van der Waals surface area contributed by atoms with E-state index in [9.17, 15) is 0 Å². The Morgan fingerprint density at radius 1 is 1.39 bits per heavy atom. The molecule has 2 aromatic rings. The molecule has 1 fully saturated rings. The highest BCUT2D eigenvalue weighted by molar-refractivity contribution is 7.11. The van der Waals surface area contributed by atoms with Gasteiger partial charge in [-0.3, -0.25) is 9.89 Å². The van der Waals surface area contributed by atoms with Crippen molar-refractivity contribution in [2.45, 2.75) is 20.0 Å². The molecule has 1 aliphatic heterocycles. The maximum Gasteiger partial charge on any atom is 0.194 e. The Morgan fingerprint density at radius 3 is 2.83 bits per heavy atom. The second kappa shape index (κ2) is 7.56. The van der Waals surface area contributed by atoms with Crippen LogP contribution in [0.2, 0.25) is 0 Å². The van der Waals surface area contributed by atoms with Crippen molar-refractivity contribution in [1.29, 1.82) is 0 Å². The van der Waals surface area contributed by atoms with E-state index in [-0.39, 0.29) is 0 Å². The van der Waals surface area contributed by atoms with Gasteiger partial charge in [0, 0.05) is 56.9 Å². The van der Waals surface area contributed by atoms with Gasteiger partial charge in [0.1, 0.15) is 11.3 Å². The number of hydrogen-bond acceptors (Lipinski definition) is 6. The molecule has 0 aromatic carbocycles. The van der Waals surface area contributed by atoms with Crippen LogP contribution in [0.1, 0.15) is 15.6 Å². The monoisotopic (exact) mass is 334 g/mol. The van der Waals surface area contributed by atoms with Gasteiger partial charge in [-0.25, -0.2) is 4.98 Å². The van der Waals surface area contributed by atoms with Gasteiger partial charge in [-0.1, -0.05) is 5.16 Å². The predicted molar refractivity (Wildman–Crippen MR) is 90.4 cm³/mol. The first-order valence-electron chi connectivity index (χ1n) is 7.73. The molecule has 7 nitrogen and oxygen atoms in total. The predicted octanol–water partition coefficient (Wildman–Crippen LogP) is 1.33. The first kappa shape index (κ1) is 15.9. The summed E-state index contributed by atoms with van der Waals surface area (Å²) in [5.74, 6) is 0.943. The minimum atomic E-state index is 0.727. The molecular formula is C15H22N6OS. The molecular weight excluding hydrogens is 312 g/mol. The number of nitrogens with one attached hydrogen (secondary N) is 1. The lowest BCUT2D eigenvalue weighted by atomic mass is 10.3. The van der Waals surface area contributed by atoms with Crippen molar-refractivity contribution in [1.82, 2.24) is 25.3 Å². The fraction of sp³-hybridized carbons (Fsp3) is 0.533. The molecule has 0 radical (unpaired) electrons. The van der Waals surface area contributed by atoms with Crippen molar-refractivity contribution in [2.24, 2.45) is 4.99 Å². The minimum absolute atomic E-state index is 0.727. The van der Waals surface area contributed by atoms with Crippen LogP contribution in [0.3, 0.4) is 0 Å². The topological polar surface area (TPSA) is 69.8 Å². The standard InChI is InChI=1S/C15H22N6OS/c1-12-9-17-14(23-12)10-18-15(16-2)21-6-4-20(5-7-21)11-13-3-8-22-19-13/h3,8-9H,4-7,10-11H2,1-2H3,(H,16,18). The summed E-state index contributed by atoms with van der Waals surface area (Å²) in [5, 5.41) is 8.47. The number of piperazine rings is 1. The zero-order valence-electron chi connectivity index (χ0n) is 13.5. The fourth-order valence-electron chi connectivity index (χ4n) is 2.64. The number of hydrogen-bond donors (Lipinski definition) is 1. The number of rotatable bonds is 4. The van der Waals surface area contributed by atoms with Gasteiger partial charge in [0.25, 0.3) is 0 Å². The van der Waals surface area contributed by atoms with Gasteiger partial charge in [-0.2, -0.15) is 0 Å². The maximum atomic E-state index is 4.89. The quantitative estimate of drug-likeness (QED) is 0.672. The van der Waals surface area contributed by atoms with Crippen LogP contribution in [0.25, 0.3) is 0 Å². The summed E-state index contributed by atoms with van der Waals surface area (Å²) in [5.41, 5.74) is 0.986. The number of aromatic nitrogens is 2. The average molecular weight is 334 g/mol. The van der Waals surface area contributed by atoms with Gasteiger partial charge in [-0.05, 0) is 6.92 Å². The minimum Gasteiger partial charge on any atom is -0.364 e. The van der Waals surface area contributed by atoms with Crippen LogP contribution >= 0.6 is 11.3 Å². The van der Waals surface area contributed by atoms with E-state index in [1.165, 1.54) is 4.88 Å². The largest absolute Gasteiger partial charge is 0.364 e. The van der Waals surface area contributed by atoms with E-state index in [1.54, 1.807) is 17.6 Å². The molecule has 0 atom stereocenters. The van der Waals surface area contributed by atoms with Crippen LogP contribution in [-0.4, -0.2) is 59.1 Å². The van der Waals surface area contributed by atoms with Crippen LogP contribution < -0.4 is 5.32 Å². The molecule has 0 unspecified atom stereocenters. The first-order chi connectivity index (χ1) is 11.2. The van der Waals surface area contributed by atoms with Crippen molar-refractivity contribution in [3.8, 4) is 0 Å². The van der Waals surface area contributed by atoms with Crippen molar-refractivity contribution >= 4 is 17.3 Å².